The molecule has 1 unspecified atom stereocenters. The van der Waals surface area contributed by atoms with Gasteiger partial charge in [0, 0.05) is 6.42 Å². The second-order valence-corrected chi connectivity index (χ2v) is 6.70. The van der Waals surface area contributed by atoms with Gasteiger partial charge in [-0.3, -0.25) is 4.79 Å². The highest BCUT2D eigenvalue weighted by Crippen LogP contribution is 2.10. The summed E-state index contributed by atoms with van der Waals surface area (Å²) in [5.41, 5.74) is 5.66. The third-order valence-electron chi connectivity index (χ3n) is 4.41. The lowest BCUT2D eigenvalue weighted by Crippen LogP contribution is -2.29. The molecule has 2 heteroatoms. The summed E-state index contributed by atoms with van der Waals surface area (Å²) >= 11 is 0. The maximum absolute atomic E-state index is 11.5. The summed E-state index contributed by atoms with van der Waals surface area (Å²) in [6.45, 7) is 5.94. The van der Waals surface area contributed by atoms with Crippen LogP contribution in [-0.4, -0.2) is 11.8 Å². The second-order valence-electron chi connectivity index (χ2n) is 6.70. The van der Waals surface area contributed by atoms with Gasteiger partial charge in [0.05, 0.1) is 6.04 Å². The molecule has 0 aliphatic heterocycles. The molecule has 0 aliphatic rings. The Bertz CT molecular complexity index is 286. The molecule has 0 saturated heterocycles. The Morgan fingerprint density at radius 1 is 0.870 bits per heavy atom. The van der Waals surface area contributed by atoms with E-state index in [1.165, 1.54) is 70.6 Å². The average molecular weight is 323 g/mol. The largest absolute Gasteiger partial charge is 0.322 e. The molecule has 23 heavy (non-hydrogen) atoms. The minimum absolute atomic E-state index is 0.178. The number of hydrogen-bond acceptors (Lipinski definition) is 2. The predicted molar refractivity (Wildman–Crippen MR) is 102 cm³/mol. The molecule has 2 N–H and O–H groups in total. The fourth-order valence-electron chi connectivity index (χ4n) is 2.72. The molecule has 1 atom stereocenters. The third-order valence-corrected chi connectivity index (χ3v) is 4.41. The van der Waals surface area contributed by atoms with Crippen molar-refractivity contribution in [1.29, 1.82) is 0 Å². The molecule has 0 heterocycles. The first-order valence-corrected chi connectivity index (χ1v) is 9.94. The Kier molecular flexibility index (Phi) is 17.2. The zero-order valence-electron chi connectivity index (χ0n) is 15.5. The molecule has 2 nitrogen and oxygen atoms in total. The molecule has 0 aromatic heterocycles. The summed E-state index contributed by atoms with van der Waals surface area (Å²) in [5, 5.41) is 0. The quantitative estimate of drug-likeness (QED) is 0.258. The number of carbonyl (C=O) groups is 1. The van der Waals surface area contributed by atoms with E-state index in [-0.39, 0.29) is 11.8 Å². The number of ketones is 1. The van der Waals surface area contributed by atoms with Crippen molar-refractivity contribution < 1.29 is 4.79 Å². The lowest BCUT2D eigenvalue weighted by atomic mass is 10.0. The number of hydrogen-bond donors (Lipinski definition) is 1. The standard InChI is InChI=1S/C21H40NO/c1-3-5-6-7-8-9-10-11-12-13-14-15-16-17-18-19-21(23)20(22)4-2/h11-12,20H,2-10,13-19,22H2,1H3/b12-11-. The van der Waals surface area contributed by atoms with Crippen LogP contribution < -0.4 is 5.73 Å². The first kappa shape index (κ1) is 22.4. The number of rotatable bonds is 17. The van der Waals surface area contributed by atoms with E-state index in [2.05, 4.69) is 26.0 Å². The van der Waals surface area contributed by atoms with Crippen molar-refractivity contribution in [2.24, 2.45) is 5.73 Å². The first-order valence-electron chi connectivity index (χ1n) is 9.94. The second kappa shape index (κ2) is 17.7. The van der Waals surface area contributed by atoms with Crippen LogP contribution in [0.4, 0.5) is 0 Å². The van der Waals surface area contributed by atoms with Gasteiger partial charge in [-0.05, 0) is 38.5 Å². The zero-order valence-corrected chi connectivity index (χ0v) is 15.5. The smallest absolute Gasteiger partial charge is 0.149 e. The van der Waals surface area contributed by atoms with E-state index in [0.29, 0.717) is 12.8 Å². The SMILES string of the molecule is [CH2]CC(N)C(=O)CCCCCCC/C=C\CCCCCCCC. The van der Waals surface area contributed by atoms with Crippen molar-refractivity contribution in [2.45, 2.75) is 109 Å². The summed E-state index contributed by atoms with van der Waals surface area (Å²) in [5.74, 6) is 0.178. The summed E-state index contributed by atoms with van der Waals surface area (Å²) in [7, 11) is 0. The van der Waals surface area contributed by atoms with Crippen LogP contribution in [0.2, 0.25) is 0 Å². The van der Waals surface area contributed by atoms with E-state index >= 15 is 0 Å². The highest BCUT2D eigenvalue weighted by Gasteiger charge is 2.09. The molecular formula is C21H40NO. The summed E-state index contributed by atoms with van der Waals surface area (Å²) in [4.78, 5) is 11.5. The normalized spacial score (nSPS) is 12.8. The molecule has 0 aliphatic carbocycles. The molecule has 0 amide bonds. The lowest BCUT2D eigenvalue weighted by Gasteiger charge is -2.06. The summed E-state index contributed by atoms with van der Waals surface area (Å²) in [6.07, 6.45) is 22.5. The molecule has 0 spiro atoms. The molecule has 0 saturated carbocycles. The van der Waals surface area contributed by atoms with Crippen molar-refractivity contribution in [3.05, 3.63) is 19.1 Å². The predicted octanol–water partition coefficient (Wildman–Crippen LogP) is 6.14. The van der Waals surface area contributed by atoms with Crippen LogP contribution >= 0.6 is 0 Å². The molecule has 0 bridgehead atoms. The van der Waals surface area contributed by atoms with Gasteiger partial charge in [0.2, 0.25) is 0 Å². The van der Waals surface area contributed by atoms with Crippen LogP contribution in [0.1, 0.15) is 103 Å². The lowest BCUT2D eigenvalue weighted by molar-refractivity contribution is -0.120. The minimum Gasteiger partial charge on any atom is -0.322 e. The maximum Gasteiger partial charge on any atom is 0.149 e. The molecule has 0 aromatic rings. The van der Waals surface area contributed by atoms with Crippen molar-refractivity contribution >= 4 is 5.78 Å². The molecule has 0 rings (SSSR count). The van der Waals surface area contributed by atoms with Crippen molar-refractivity contribution in [3.8, 4) is 0 Å². The van der Waals surface area contributed by atoms with Gasteiger partial charge < -0.3 is 5.73 Å². The number of allylic oxidation sites excluding steroid dienone is 2. The van der Waals surface area contributed by atoms with E-state index in [1.54, 1.807) is 0 Å². The molecule has 135 valence electrons. The Hall–Kier alpha value is -0.630. The fourth-order valence-corrected chi connectivity index (χ4v) is 2.72. The number of carbonyl (C=O) groups excluding carboxylic acids is 1. The van der Waals surface area contributed by atoms with Gasteiger partial charge in [-0.1, -0.05) is 77.4 Å². The van der Waals surface area contributed by atoms with Crippen LogP contribution in [0.25, 0.3) is 0 Å². The van der Waals surface area contributed by atoms with Crippen LogP contribution in [0.15, 0.2) is 12.2 Å². The Balaban J connectivity index is 3.21. The molecule has 0 fully saturated rings. The van der Waals surface area contributed by atoms with Gasteiger partial charge in [0.15, 0.2) is 0 Å². The molecule has 1 radical (unpaired) electrons. The van der Waals surface area contributed by atoms with Crippen LogP contribution in [0.5, 0.6) is 0 Å². The van der Waals surface area contributed by atoms with Crippen molar-refractivity contribution in [3.63, 3.8) is 0 Å². The fraction of sp³-hybridized carbons (Fsp3) is 0.810. The first-order chi connectivity index (χ1) is 11.2. The van der Waals surface area contributed by atoms with Gasteiger partial charge in [-0.2, -0.15) is 0 Å². The average Bonchev–Trinajstić information content (AvgIpc) is 2.57. The van der Waals surface area contributed by atoms with Gasteiger partial charge >= 0.3 is 0 Å². The Labute approximate surface area is 145 Å². The maximum atomic E-state index is 11.5. The van der Waals surface area contributed by atoms with Gasteiger partial charge in [0.25, 0.3) is 0 Å². The van der Waals surface area contributed by atoms with Gasteiger partial charge in [-0.25, -0.2) is 0 Å². The van der Waals surface area contributed by atoms with Crippen molar-refractivity contribution in [1.82, 2.24) is 0 Å². The van der Waals surface area contributed by atoms with E-state index < -0.39 is 0 Å². The zero-order chi connectivity index (χ0) is 17.2. The van der Waals surface area contributed by atoms with Crippen molar-refractivity contribution in [2.75, 3.05) is 0 Å². The summed E-state index contributed by atoms with van der Waals surface area (Å²) < 4.78 is 0. The van der Waals surface area contributed by atoms with Crippen LogP contribution in [0.3, 0.4) is 0 Å². The van der Waals surface area contributed by atoms with Gasteiger partial charge in [0.1, 0.15) is 5.78 Å². The van der Waals surface area contributed by atoms with E-state index in [9.17, 15) is 4.79 Å². The topological polar surface area (TPSA) is 43.1 Å². The third kappa shape index (κ3) is 16.0. The highest BCUT2D eigenvalue weighted by molar-refractivity contribution is 5.83. The number of unbranched alkanes of at least 4 members (excludes halogenated alkanes) is 11. The summed E-state index contributed by atoms with van der Waals surface area (Å²) in [6, 6.07) is -0.341. The Morgan fingerprint density at radius 3 is 1.87 bits per heavy atom. The van der Waals surface area contributed by atoms with Crippen LogP contribution in [-0.2, 0) is 4.79 Å². The van der Waals surface area contributed by atoms with Gasteiger partial charge in [-0.15, -0.1) is 0 Å². The van der Waals surface area contributed by atoms with Crippen LogP contribution in [0, 0.1) is 6.92 Å². The van der Waals surface area contributed by atoms with E-state index in [4.69, 9.17) is 5.73 Å². The molecule has 0 aromatic carbocycles. The van der Waals surface area contributed by atoms with E-state index in [0.717, 1.165) is 12.8 Å². The number of Topliss-reactive ketones (excluding diaryl/α,β-unsaturated/α-hetero) is 1. The van der Waals surface area contributed by atoms with E-state index in [1.807, 2.05) is 0 Å². The highest BCUT2D eigenvalue weighted by atomic mass is 16.1. The molecular weight excluding hydrogens is 282 g/mol. The minimum atomic E-state index is -0.341. The monoisotopic (exact) mass is 322 g/mol. The Morgan fingerprint density at radius 2 is 1.35 bits per heavy atom. The number of nitrogens with two attached hydrogens (primary N) is 1.